The average Bonchev–Trinajstić information content (AvgIpc) is 3.22. The molecule has 148 valence electrons. The summed E-state index contributed by atoms with van der Waals surface area (Å²) in [5.41, 5.74) is 0.251. The first-order valence-electron chi connectivity index (χ1n) is 9.19. The minimum absolute atomic E-state index is 0.000570. The lowest BCUT2D eigenvalue weighted by Gasteiger charge is -2.21. The summed E-state index contributed by atoms with van der Waals surface area (Å²) in [5.74, 6) is 0.939. The Balaban J connectivity index is 1.36. The fourth-order valence-electron chi connectivity index (χ4n) is 3.68. The van der Waals surface area contributed by atoms with Crippen LogP contribution in [-0.4, -0.2) is 62.9 Å². The molecule has 2 aliphatic rings. The van der Waals surface area contributed by atoms with Crippen molar-refractivity contribution in [2.45, 2.75) is 17.4 Å². The minimum Gasteiger partial charge on any atom is -0.493 e. The molecule has 1 saturated heterocycles. The number of hydrogen-bond donors (Lipinski definition) is 0. The van der Waals surface area contributed by atoms with Gasteiger partial charge in [-0.05, 0) is 30.7 Å². The van der Waals surface area contributed by atoms with Crippen LogP contribution in [0.5, 0.6) is 11.5 Å². The number of carbonyl (C=O) groups is 1. The summed E-state index contributed by atoms with van der Waals surface area (Å²) < 4.78 is 37.6. The molecule has 2 aliphatic heterocycles. The Morgan fingerprint density at radius 3 is 2.50 bits per heavy atom. The minimum atomic E-state index is -3.75. The molecule has 0 aliphatic carbocycles. The molecule has 4 rings (SSSR count). The molecule has 28 heavy (non-hydrogen) atoms. The topological polar surface area (TPSA) is 76.2 Å². The zero-order chi connectivity index (χ0) is 19.7. The van der Waals surface area contributed by atoms with Crippen LogP contribution in [0.3, 0.4) is 0 Å². The first-order chi connectivity index (χ1) is 13.5. The molecule has 7 nitrogen and oxygen atoms in total. The summed E-state index contributed by atoms with van der Waals surface area (Å²) >= 11 is 0. The van der Waals surface area contributed by atoms with Crippen molar-refractivity contribution in [3.05, 3.63) is 54.1 Å². The van der Waals surface area contributed by atoms with Gasteiger partial charge in [-0.25, -0.2) is 12.7 Å². The summed E-state index contributed by atoms with van der Waals surface area (Å²) in [6.07, 6.45) is 0.832. The Kier molecular flexibility index (Phi) is 4.99. The van der Waals surface area contributed by atoms with Gasteiger partial charge >= 0.3 is 0 Å². The molecule has 0 saturated carbocycles. The van der Waals surface area contributed by atoms with Gasteiger partial charge in [-0.3, -0.25) is 9.69 Å². The third-order valence-corrected chi connectivity index (χ3v) is 6.96. The largest absolute Gasteiger partial charge is 0.493 e. The maximum atomic E-state index is 12.6. The van der Waals surface area contributed by atoms with Gasteiger partial charge in [-0.2, -0.15) is 0 Å². The van der Waals surface area contributed by atoms with Gasteiger partial charge < -0.3 is 9.47 Å². The summed E-state index contributed by atoms with van der Waals surface area (Å²) in [6, 6.07) is 13.9. The van der Waals surface area contributed by atoms with Crippen molar-refractivity contribution >= 4 is 15.9 Å². The van der Waals surface area contributed by atoms with Gasteiger partial charge in [0.2, 0.25) is 0 Å². The van der Waals surface area contributed by atoms with Crippen LogP contribution in [0.4, 0.5) is 0 Å². The lowest BCUT2D eigenvalue weighted by Crippen LogP contribution is -2.38. The molecule has 0 spiro atoms. The van der Waals surface area contributed by atoms with E-state index < -0.39 is 15.9 Å². The molecular weight excluding hydrogens is 380 g/mol. The number of likely N-dealkylation sites (tertiary alicyclic amines) is 1. The molecule has 1 unspecified atom stereocenters. The molecule has 2 heterocycles. The number of sulfonamides is 1. The van der Waals surface area contributed by atoms with E-state index in [-0.39, 0.29) is 23.1 Å². The van der Waals surface area contributed by atoms with Crippen LogP contribution in [0, 0.1) is 0 Å². The standard InChI is InChI=1S/C20H22N2O5S/c1-26-17-7-3-4-8-18(17)27-15-10-11-21(14-15)12-13-22-20(23)16-6-2-5-9-19(16)28(22,24)25/h2-9,15H,10-14H2,1H3. The molecular formula is C20H22N2O5S. The lowest BCUT2D eigenvalue weighted by atomic mass is 10.2. The van der Waals surface area contributed by atoms with E-state index in [1.54, 1.807) is 25.3 Å². The van der Waals surface area contributed by atoms with E-state index in [9.17, 15) is 13.2 Å². The fraction of sp³-hybridized carbons (Fsp3) is 0.350. The number of methoxy groups -OCH3 is 1. The summed E-state index contributed by atoms with van der Waals surface area (Å²) in [4.78, 5) is 14.7. The van der Waals surface area contributed by atoms with Gasteiger partial charge in [0.25, 0.3) is 15.9 Å². The highest BCUT2D eigenvalue weighted by Crippen LogP contribution is 2.31. The molecule has 1 fully saturated rings. The Hall–Kier alpha value is -2.58. The van der Waals surface area contributed by atoms with Crippen LogP contribution >= 0.6 is 0 Å². The number of carbonyl (C=O) groups excluding carboxylic acids is 1. The Morgan fingerprint density at radius 2 is 1.75 bits per heavy atom. The molecule has 8 heteroatoms. The Bertz CT molecular complexity index is 992. The van der Waals surface area contributed by atoms with E-state index in [1.165, 1.54) is 6.07 Å². The van der Waals surface area contributed by atoms with Crippen LogP contribution < -0.4 is 9.47 Å². The van der Waals surface area contributed by atoms with Crippen LogP contribution in [0.2, 0.25) is 0 Å². The molecule has 1 amide bonds. The smallest absolute Gasteiger partial charge is 0.269 e. The van der Waals surface area contributed by atoms with Gasteiger partial charge in [-0.1, -0.05) is 24.3 Å². The van der Waals surface area contributed by atoms with E-state index in [4.69, 9.17) is 9.47 Å². The number of amides is 1. The second-order valence-corrected chi connectivity index (χ2v) is 8.69. The van der Waals surface area contributed by atoms with Crippen LogP contribution in [0.15, 0.2) is 53.4 Å². The summed E-state index contributed by atoms with van der Waals surface area (Å²) in [6.45, 7) is 2.07. The van der Waals surface area contributed by atoms with Gasteiger partial charge in [0.1, 0.15) is 11.0 Å². The van der Waals surface area contributed by atoms with Crippen molar-refractivity contribution < 1.29 is 22.7 Å². The van der Waals surface area contributed by atoms with Crippen molar-refractivity contribution in [2.75, 3.05) is 33.3 Å². The average molecular weight is 402 g/mol. The first kappa shape index (κ1) is 18.8. The molecule has 0 radical (unpaired) electrons. The Morgan fingerprint density at radius 1 is 1.04 bits per heavy atom. The number of para-hydroxylation sites is 2. The van der Waals surface area contributed by atoms with Gasteiger partial charge in [0, 0.05) is 19.6 Å². The zero-order valence-electron chi connectivity index (χ0n) is 15.6. The van der Waals surface area contributed by atoms with Crippen molar-refractivity contribution in [1.82, 2.24) is 9.21 Å². The quantitative estimate of drug-likeness (QED) is 0.736. The number of rotatable bonds is 6. The fourth-order valence-corrected chi connectivity index (χ4v) is 5.24. The number of ether oxygens (including phenoxy) is 2. The predicted octanol–water partition coefficient (Wildman–Crippen LogP) is 1.99. The van der Waals surface area contributed by atoms with Crippen LogP contribution in [0.1, 0.15) is 16.8 Å². The van der Waals surface area contributed by atoms with E-state index in [0.29, 0.717) is 24.6 Å². The maximum absolute atomic E-state index is 12.6. The van der Waals surface area contributed by atoms with E-state index in [2.05, 4.69) is 4.90 Å². The molecule has 0 bridgehead atoms. The second-order valence-electron chi connectivity index (χ2n) is 6.86. The normalized spacial score (nSPS) is 21.0. The van der Waals surface area contributed by atoms with Crippen molar-refractivity contribution in [2.24, 2.45) is 0 Å². The van der Waals surface area contributed by atoms with Gasteiger partial charge in [-0.15, -0.1) is 0 Å². The summed E-state index contributed by atoms with van der Waals surface area (Å²) in [5, 5.41) is 0. The maximum Gasteiger partial charge on any atom is 0.269 e. The second kappa shape index (κ2) is 7.44. The van der Waals surface area contributed by atoms with Crippen LogP contribution in [0.25, 0.3) is 0 Å². The van der Waals surface area contributed by atoms with Gasteiger partial charge in [0.05, 0.1) is 19.2 Å². The highest BCUT2D eigenvalue weighted by atomic mass is 32.2. The van der Waals surface area contributed by atoms with E-state index in [1.807, 2.05) is 24.3 Å². The van der Waals surface area contributed by atoms with E-state index >= 15 is 0 Å². The summed E-state index contributed by atoms with van der Waals surface area (Å²) in [7, 11) is -2.14. The highest BCUT2D eigenvalue weighted by molar-refractivity contribution is 7.90. The molecule has 0 N–H and O–H groups in total. The predicted molar refractivity (Wildman–Crippen MR) is 103 cm³/mol. The first-order valence-corrected chi connectivity index (χ1v) is 10.6. The van der Waals surface area contributed by atoms with Gasteiger partial charge in [0.15, 0.2) is 11.5 Å². The van der Waals surface area contributed by atoms with Crippen LogP contribution in [-0.2, 0) is 10.0 Å². The third-order valence-electron chi connectivity index (χ3n) is 5.12. The number of hydrogen-bond acceptors (Lipinski definition) is 6. The van der Waals surface area contributed by atoms with Crippen molar-refractivity contribution in [1.29, 1.82) is 0 Å². The van der Waals surface area contributed by atoms with E-state index in [0.717, 1.165) is 17.3 Å². The SMILES string of the molecule is COc1ccccc1OC1CCN(CCN2C(=O)c3ccccc3S2(=O)=O)C1. The number of fused-ring (bicyclic) bond motifs is 1. The third kappa shape index (κ3) is 3.33. The van der Waals surface area contributed by atoms with Crippen molar-refractivity contribution in [3.63, 3.8) is 0 Å². The number of nitrogens with zero attached hydrogens (tertiary/aromatic N) is 2. The monoisotopic (exact) mass is 402 g/mol. The molecule has 0 aromatic heterocycles. The molecule has 2 aromatic carbocycles. The van der Waals surface area contributed by atoms with Crippen molar-refractivity contribution in [3.8, 4) is 11.5 Å². The lowest BCUT2D eigenvalue weighted by molar-refractivity contribution is 0.0861. The number of benzene rings is 2. The Labute approximate surface area is 164 Å². The molecule has 2 aromatic rings. The zero-order valence-corrected chi connectivity index (χ0v) is 16.4. The molecule has 1 atom stereocenters. The highest BCUT2D eigenvalue weighted by Gasteiger charge is 2.41.